The maximum atomic E-state index is 12.0. The first-order valence-corrected chi connectivity index (χ1v) is 6.04. The van der Waals surface area contributed by atoms with Crippen molar-refractivity contribution in [3.63, 3.8) is 0 Å². The van der Waals surface area contributed by atoms with E-state index in [1.54, 1.807) is 12.1 Å². The lowest BCUT2D eigenvalue weighted by Gasteiger charge is -2.04. The number of aryl methyl sites for hydroxylation is 1. The van der Waals surface area contributed by atoms with Gasteiger partial charge in [-0.3, -0.25) is 0 Å². The highest BCUT2D eigenvalue weighted by molar-refractivity contribution is 5.82. The molecule has 2 N–H and O–H groups in total. The highest BCUT2D eigenvalue weighted by atomic mass is 16.4. The largest absolute Gasteiger partial charge is 0.422 e. The topological polar surface area (TPSA) is 56.2 Å². The molecule has 0 aliphatic rings. The van der Waals surface area contributed by atoms with Crippen LogP contribution in [0.25, 0.3) is 22.1 Å². The molecule has 0 bridgehead atoms. The second kappa shape index (κ2) is 4.28. The molecule has 0 atom stereocenters. The summed E-state index contributed by atoms with van der Waals surface area (Å²) < 4.78 is 5.35. The SMILES string of the molecule is Cc1ccc2oc(=O)c(-c3cccc(N)c3)cc2c1. The highest BCUT2D eigenvalue weighted by Gasteiger charge is 2.08. The van der Waals surface area contributed by atoms with Gasteiger partial charge in [0.1, 0.15) is 5.58 Å². The van der Waals surface area contributed by atoms with E-state index in [2.05, 4.69) is 0 Å². The van der Waals surface area contributed by atoms with Crippen molar-refractivity contribution in [2.24, 2.45) is 0 Å². The molecule has 0 saturated carbocycles. The first-order chi connectivity index (χ1) is 9.13. The summed E-state index contributed by atoms with van der Waals surface area (Å²) in [5, 5.41) is 0.914. The van der Waals surface area contributed by atoms with Crippen LogP contribution in [-0.4, -0.2) is 0 Å². The van der Waals surface area contributed by atoms with Crippen molar-refractivity contribution in [3.8, 4) is 11.1 Å². The van der Waals surface area contributed by atoms with Gasteiger partial charge in [0.05, 0.1) is 5.56 Å². The number of fused-ring (bicyclic) bond motifs is 1. The van der Waals surface area contributed by atoms with Crippen molar-refractivity contribution in [3.05, 3.63) is 64.5 Å². The molecule has 0 unspecified atom stereocenters. The van der Waals surface area contributed by atoms with Crippen molar-refractivity contribution in [2.45, 2.75) is 6.92 Å². The Morgan fingerprint density at radius 2 is 1.89 bits per heavy atom. The molecule has 0 saturated heterocycles. The van der Waals surface area contributed by atoms with Gasteiger partial charge < -0.3 is 10.2 Å². The zero-order chi connectivity index (χ0) is 13.4. The van der Waals surface area contributed by atoms with Gasteiger partial charge in [-0.1, -0.05) is 23.8 Å². The van der Waals surface area contributed by atoms with Gasteiger partial charge in [0.25, 0.3) is 0 Å². The Labute approximate surface area is 110 Å². The van der Waals surface area contributed by atoms with Crippen LogP contribution in [0.15, 0.2) is 57.7 Å². The Morgan fingerprint density at radius 1 is 1.05 bits per heavy atom. The van der Waals surface area contributed by atoms with Crippen molar-refractivity contribution in [1.82, 2.24) is 0 Å². The van der Waals surface area contributed by atoms with E-state index in [4.69, 9.17) is 10.2 Å². The van der Waals surface area contributed by atoms with Crippen LogP contribution < -0.4 is 11.4 Å². The first kappa shape index (κ1) is 11.5. The lowest BCUT2D eigenvalue weighted by Crippen LogP contribution is -2.03. The monoisotopic (exact) mass is 251 g/mol. The van der Waals surface area contributed by atoms with Crippen LogP contribution in [0.1, 0.15) is 5.56 Å². The number of anilines is 1. The number of benzene rings is 2. The summed E-state index contributed by atoms with van der Waals surface area (Å²) in [7, 11) is 0. The van der Waals surface area contributed by atoms with Crippen molar-refractivity contribution in [1.29, 1.82) is 0 Å². The van der Waals surface area contributed by atoms with Gasteiger partial charge in [0, 0.05) is 11.1 Å². The van der Waals surface area contributed by atoms with Gasteiger partial charge >= 0.3 is 5.63 Å². The van der Waals surface area contributed by atoms with E-state index in [0.29, 0.717) is 16.8 Å². The normalized spacial score (nSPS) is 10.8. The average Bonchev–Trinajstić information content (AvgIpc) is 2.38. The molecule has 3 aromatic rings. The summed E-state index contributed by atoms with van der Waals surface area (Å²) in [5.41, 5.74) is 9.06. The minimum atomic E-state index is -0.345. The second-order valence-electron chi connectivity index (χ2n) is 4.61. The molecule has 1 heterocycles. The van der Waals surface area contributed by atoms with E-state index in [9.17, 15) is 4.79 Å². The third-order valence-electron chi connectivity index (χ3n) is 3.09. The minimum Gasteiger partial charge on any atom is -0.422 e. The molecule has 3 rings (SSSR count). The number of nitrogens with two attached hydrogens (primary N) is 1. The van der Waals surface area contributed by atoms with Gasteiger partial charge in [0.15, 0.2) is 0 Å². The quantitative estimate of drug-likeness (QED) is 0.533. The first-order valence-electron chi connectivity index (χ1n) is 6.04. The maximum absolute atomic E-state index is 12.0. The second-order valence-corrected chi connectivity index (χ2v) is 4.61. The number of nitrogen functional groups attached to an aromatic ring is 1. The Kier molecular flexibility index (Phi) is 2.60. The fourth-order valence-corrected chi connectivity index (χ4v) is 2.15. The predicted molar refractivity (Wildman–Crippen MR) is 77.1 cm³/mol. The summed E-state index contributed by atoms with van der Waals surface area (Å²) in [6.07, 6.45) is 0. The van der Waals surface area contributed by atoms with Gasteiger partial charge in [-0.15, -0.1) is 0 Å². The van der Waals surface area contributed by atoms with E-state index in [0.717, 1.165) is 16.5 Å². The van der Waals surface area contributed by atoms with Crippen LogP contribution in [0.3, 0.4) is 0 Å². The van der Waals surface area contributed by atoms with Crippen LogP contribution in [-0.2, 0) is 0 Å². The van der Waals surface area contributed by atoms with Crippen LogP contribution in [0.4, 0.5) is 5.69 Å². The molecule has 0 amide bonds. The summed E-state index contributed by atoms with van der Waals surface area (Å²) in [6, 6.07) is 14.8. The van der Waals surface area contributed by atoms with Crippen molar-refractivity contribution in [2.75, 3.05) is 5.73 Å². The van der Waals surface area contributed by atoms with E-state index < -0.39 is 0 Å². The van der Waals surface area contributed by atoms with Crippen molar-refractivity contribution >= 4 is 16.7 Å². The lowest BCUT2D eigenvalue weighted by molar-refractivity contribution is 0.563. The highest BCUT2D eigenvalue weighted by Crippen LogP contribution is 2.23. The summed E-state index contributed by atoms with van der Waals surface area (Å²) >= 11 is 0. The van der Waals surface area contributed by atoms with Crippen molar-refractivity contribution < 1.29 is 4.42 Å². The van der Waals surface area contributed by atoms with E-state index in [1.165, 1.54) is 0 Å². The van der Waals surface area contributed by atoms with Crippen LogP contribution >= 0.6 is 0 Å². The molecule has 3 heteroatoms. The third-order valence-corrected chi connectivity index (χ3v) is 3.09. The zero-order valence-corrected chi connectivity index (χ0v) is 10.5. The van der Waals surface area contributed by atoms with E-state index in [-0.39, 0.29) is 5.63 Å². The van der Waals surface area contributed by atoms with E-state index >= 15 is 0 Å². The molecule has 0 spiro atoms. The molecule has 1 aromatic heterocycles. The smallest absolute Gasteiger partial charge is 0.344 e. The molecule has 2 aromatic carbocycles. The molecule has 94 valence electrons. The number of hydrogen-bond acceptors (Lipinski definition) is 3. The van der Waals surface area contributed by atoms with E-state index in [1.807, 2.05) is 43.3 Å². The Hall–Kier alpha value is -2.55. The Bertz CT molecular complexity index is 818. The third kappa shape index (κ3) is 2.10. The summed E-state index contributed by atoms with van der Waals surface area (Å²) in [5.74, 6) is 0. The molecule has 19 heavy (non-hydrogen) atoms. The fraction of sp³-hybridized carbons (Fsp3) is 0.0625. The Balaban J connectivity index is 2.29. The standard InChI is InChI=1S/C16H13NO2/c1-10-5-6-15-12(7-10)9-14(16(18)19-15)11-3-2-4-13(17)8-11/h2-9H,17H2,1H3. The molecule has 0 aliphatic heterocycles. The predicted octanol–water partition coefficient (Wildman–Crippen LogP) is 3.35. The Morgan fingerprint density at radius 3 is 2.68 bits per heavy atom. The van der Waals surface area contributed by atoms with Gasteiger partial charge in [-0.2, -0.15) is 0 Å². The molecule has 3 nitrogen and oxygen atoms in total. The van der Waals surface area contributed by atoms with Crippen LogP contribution in [0.2, 0.25) is 0 Å². The molecular weight excluding hydrogens is 238 g/mol. The lowest BCUT2D eigenvalue weighted by atomic mass is 10.0. The number of rotatable bonds is 1. The fourth-order valence-electron chi connectivity index (χ4n) is 2.15. The minimum absolute atomic E-state index is 0.345. The molecule has 0 radical (unpaired) electrons. The zero-order valence-electron chi connectivity index (χ0n) is 10.5. The van der Waals surface area contributed by atoms with Gasteiger partial charge in [-0.25, -0.2) is 4.79 Å². The maximum Gasteiger partial charge on any atom is 0.344 e. The van der Waals surface area contributed by atoms with Gasteiger partial charge in [-0.05, 0) is 42.8 Å². The van der Waals surface area contributed by atoms with Gasteiger partial charge in [0.2, 0.25) is 0 Å². The molecule has 0 aliphatic carbocycles. The van der Waals surface area contributed by atoms with Crippen LogP contribution in [0, 0.1) is 6.92 Å². The summed E-state index contributed by atoms with van der Waals surface area (Å²) in [6.45, 7) is 2.00. The number of hydrogen-bond donors (Lipinski definition) is 1. The summed E-state index contributed by atoms with van der Waals surface area (Å²) in [4.78, 5) is 12.0. The molecular formula is C16H13NO2. The average molecular weight is 251 g/mol. The van der Waals surface area contributed by atoms with Crippen LogP contribution in [0.5, 0.6) is 0 Å². The molecule has 0 fully saturated rings.